The molecule has 6 nitrogen and oxygen atoms in total. The Morgan fingerprint density at radius 3 is 2.59 bits per heavy atom. The Bertz CT molecular complexity index is 936. The molecule has 3 heterocycles. The Kier molecular flexibility index (Phi) is 6.28. The fraction of sp³-hybridized carbons (Fsp3) is 0.600. The van der Waals surface area contributed by atoms with Gasteiger partial charge in [0.05, 0.1) is 12.8 Å². The lowest BCUT2D eigenvalue weighted by Gasteiger charge is -2.27. The molecule has 1 N–H and O–H groups in total. The van der Waals surface area contributed by atoms with E-state index < -0.39 is 0 Å². The minimum absolute atomic E-state index is 0.281. The number of rotatable bonds is 6. The number of fused-ring (bicyclic) bond motifs is 1. The molecule has 0 unspecified atom stereocenters. The van der Waals surface area contributed by atoms with Crippen molar-refractivity contribution < 1.29 is 13.9 Å². The van der Waals surface area contributed by atoms with Crippen molar-refractivity contribution >= 4 is 5.82 Å². The largest absolute Gasteiger partial charge is 0.493 e. The highest BCUT2D eigenvalue weighted by Gasteiger charge is 2.41. The van der Waals surface area contributed by atoms with Crippen molar-refractivity contribution in [3.63, 3.8) is 0 Å². The highest BCUT2D eigenvalue weighted by Crippen LogP contribution is 2.40. The molecule has 3 fully saturated rings. The van der Waals surface area contributed by atoms with Crippen LogP contribution in [0.2, 0.25) is 0 Å². The topological polar surface area (TPSA) is 59.5 Å². The Labute approximate surface area is 189 Å². The van der Waals surface area contributed by atoms with Gasteiger partial charge in [-0.15, -0.1) is 10.2 Å². The first kappa shape index (κ1) is 21.6. The summed E-state index contributed by atoms with van der Waals surface area (Å²) >= 11 is 0. The smallest absolute Gasteiger partial charge is 0.191 e. The van der Waals surface area contributed by atoms with E-state index in [1.54, 1.807) is 13.2 Å². The molecule has 0 spiro atoms. The summed E-state index contributed by atoms with van der Waals surface area (Å²) in [4.78, 5) is 2.68. The number of aryl methyl sites for hydroxylation is 1. The van der Waals surface area contributed by atoms with Gasteiger partial charge in [0.2, 0.25) is 0 Å². The van der Waals surface area contributed by atoms with Crippen molar-refractivity contribution in [3.05, 3.63) is 35.6 Å². The number of methoxy groups -OCH3 is 1. The number of hydrogen-bond acceptors (Lipinski definition) is 6. The van der Waals surface area contributed by atoms with Crippen LogP contribution in [-0.4, -0.2) is 61.1 Å². The van der Waals surface area contributed by atoms with E-state index in [1.807, 2.05) is 13.0 Å². The predicted molar refractivity (Wildman–Crippen MR) is 122 cm³/mol. The summed E-state index contributed by atoms with van der Waals surface area (Å²) in [5.41, 5.74) is 2.32. The third-order valence-electron chi connectivity index (χ3n) is 7.48. The van der Waals surface area contributed by atoms with Crippen LogP contribution in [0.1, 0.15) is 31.2 Å². The molecule has 32 heavy (non-hydrogen) atoms. The van der Waals surface area contributed by atoms with Gasteiger partial charge in [-0.05, 0) is 68.1 Å². The summed E-state index contributed by atoms with van der Waals surface area (Å²) in [7, 11) is 1.64. The van der Waals surface area contributed by atoms with Crippen molar-refractivity contribution in [2.45, 2.75) is 38.6 Å². The third kappa shape index (κ3) is 4.59. The number of nitrogens with one attached hydrogen (secondary N) is 1. The number of benzene rings is 1. The number of hydrogen-bond donors (Lipinski definition) is 1. The number of aromatic nitrogens is 2. The molecule has 2 aliphatic heterocycles. The van der Waals surface area contributed by atoms with Crippen molar-refractivity contribution in [1.29, 1.82) is 0 Å². The van der Waals surface area contributed by atoms with E-state index in [1.165, 1.54) is 44.6 Å². The molecule has 0 radical (unpaired) electrons. The molecule has 3 aliphatic rings. The fourth-order valence-electron chi connectivity index (χ4n) is 5.78. The van der Waals surface area contributed by atoms with Crippen LogP contribution >= 0.6 is 0 Å². The minimum atomic E-state index is -0.281. The molecule has 3 atom stereocenters. The van der Waals surface area contributed by atoms with Crippen LogP contribution in [0.25, 0.3) is 11.3 Å². The maximum atomic E-state index is 13.7. The van der Waals surface area contributed by atoms with E-state index in [9.17, 15) is 4.39 Å². The van der Waals surface area contributed by atoms with Gasteiger partial charge in [0.25, 0.3) is 0 Å². The lowest BCUT2D eigenvalue weighted by Crippen LogP contribution is -2.32. The van der Waals surface area contributed by atoms with Crippen LogP contribution < -0.4 is 10.1 Å². The maximum Gasteiger partial charge on any atom is 0.191 e. The van der Waals surface area contributed by atoms with E-state index in [2.05, 4.69) is 20.4 Å². The molecule has 5 rings (SSSR count). The molecule has 1 aliphatic carbocycles. The van der Waals surface area contributed by atoms with Gasteiger partial charge in [-0.3, -0.25) is 0 Å². The predicted octanol–water partition coefficient (Wildman–Crippen LogP) is 4.15. The highest BCUT2D eigenvalue weighted by molar-refractivity contribution is 5.67. The molecule has 172 valence electrons. The lowest BCUT2D eigenvalue weighted by atomic mass is 10.00. The summed E-state index contributed by atoms with van der Waals surface area (Å²) in [5, 5.41) is 12.4. The standard InChI is InChI=1S/C25H33FN4O2/c1-16-3-4-20(26)11-22(16)23-12-24(31-2)25(29-28-23)27-21-9-18-14-30(15-19(18)10-21)13-17-5-7-32-8-6-17/h3-4,11-12,17-19,21H,5-10,13-15H2,1-2H3,(H,27,29)/t18-,19+,21-. The SMILES string of the molecule is COc1cc(-c2cc(F)ccc2C)nnc1N[C@@H]1C[C@@H]2CN(CC3CCOCC3)C[C@@H]2C1. The van der Waals surface area contributed by atoms with Gasteiger partial charge in [0.15, 0.2) is 11.6 Å². The average molecular weight is 441 g/mol. The van der Waals surface area contributed by atoms with E-state index in [0.717, 1.165) is 54.9 Å². The van der Waals surface area contributed by atoms with Gasteiger partial charge < -0.3 is 19.7 Å². The molecule has 7 heteroatoms. The summed E-state index contributed by atoms with van der Waals surface area (Å²) in [6, 6.07) is 6.95. The molecule has 1 saturated carbocycles. The van der Waals surface area contributed by atoms with Gasteiger partial charge in [-0.2, -0.15) is 0 Å². The van der Waals surface area contributed by atoms with Gasteiger partial charge in [-0.1, -0.05) is 6.07 Å². The molecular weight excluding hydrogens is 407 g/mol. The van der Waals surface area contributed by atoms with Crippen LogP contribution in [0.5, 0.6) is 5.75 Å². The summed E-state index contributed by atoms with van der Waals surface area (Å²) < 4.78 is 24.8. The first-order valence-corrected chi connectivity index (χ1v) is 11.8. The third-order valence-corrected chi connectivity index (χ3v) is 7.48. The number of halogens is 1. The monoisotopic (exact) mass is 440 g/mol. The van der Waals surface area contributed by atoms with Crippen molar-refractivity contribution in [3.8, 4) is 17.0 Å². The molecule has 2 aromatic rings. The Hall–Kier alpha value is -2.25. The normalized spacial score (nSPS) is 26.3. The van der Waals surface area contributed by atoms with Crippen LogP contribution in [-0.2, 0) is 4.74 Å². The quantitative estimate of drug-likeness (QED) is 0.728. The molecule has 0 amide bonds. The summed E-state index contributed by atoms with van der Waals surface area (Å²) in [6.07, 6.45) is 4.73. The highest BCUT2D eigenvalue weighted by atomic mass is 19.1. The second-order valence-electron chi connectivity index (χ2n) is 9.71. The number of ether oxygens (including phenoxy) is 2. The number of anilines is 1. The minimum Gasteiger partial charge on any atom is -0.493 e. The molecule has 1 aromatic carbocycles. The molecule has 1 aromatic heterocycles. The second kappa shape index (κ2) is 9.32. The van der Waals surface area contributed by atoms with Gasteiger partial charge in [-0.25, -0.2) is 4.39 Å². The summed E-state index contributed by atoms with van der Waals surface area (Å²) in [6.45, 7) is 7.45. The van der Waals surface area contributed by atoms with Crippen LogP contribution in [0.15, 0.2) is 24.3 Å². The molecule has 2 saturated heterocycles. The Morgan fingerprint density at radius 2 is 1.88 bits per heavy atom. The zero-order chi connectivity index (χ0) is 22.1. The number of likely N-dealkylation sites (tertiary alicyclic amines) is 1. The fourth-order valence-corrected chi connectivity index (χ4v) is 5.78. The molecule has 0 bridgehead atoms. The van der Waals surface area contributed by atoms with E-state index in [0.29, 0.717) is 23.3 Å². The van der Waals surface area contributed by atoms with Crippen molar-refractivity contribution in [2.75, 3.05) is 45.3 Å². The molecular formula is C25H33FN4O2. The number of nitrogens with zero attached hydrogens (tertiary/aromatic N) is 3. The van der Waals surface area contributed by atoms with Crippen molar-refractivity contribution in [1.82, 2.24) is 15.1 Å². The summed E-state index contributed by atoms with van der Waals surface area (Å²) in [5.74, 6) is 3.35. The Morgan fingerprint density at radius 1 is 1.12 bits per heavy atom. The van der Waals surface area contributed by atoms with Gasteiger partial charge in [0, 0.05) is 50.5 Å². The van der Waals surface area contributed by atoms with Crippen LogP contribution in [0.4, 0.5) is 10.2 Å². The second-order valence-corrected chi connectivity index (χ2v) is 9.71. The lowest BCUT2D eigenvalue weighted by molar-refractivity contribution is 0.0545. The van der Waals surface area contributed by atoms with Gasteiger partial charge in [0.1, 0.15) is 5.82 Å². The van der Waals surface area contributed by atoms with Crippen molar-refractivity contribution in [2.24, 2.45) is 17.8 Å². The first-order chi connectivity index (χ1) is 15.6. The van der Waals surface area contributed by atoms with Crippen LogP contribution in [0.3, 0.4) is 0 Å². The van der Waals surface area contributed by atoms with E-state index >= 15 is 0 Å². The van der Waals surface area contributed by atoms with Crippen LogP contribution in [0, 0.1) is 30.5 Å². The average Bonchev–Trinajstić information content (AvgIpc) is 3.34. The van der Waals surface area contributed by atoms with E-state index in [4.69, 9.17) is 9.47 Å². The van der Waals surface area contributed by atoms with E-state index in [-0.39, 0.29) is 5.82 Å². The van der Waals surface area contributed by atoms with Gasteiger partial charge >= 0.3 is 0 Å². The zero-order valence-electron chi connectivity index (χ0n) is 19.0. The first-order valence-electron chi connectivity index (χ1n) is 11.8. The maximum absolute atomic E-state index is 13.7. The zero-order valence-corrected chi connectivity index (χ0v) is 19.0. The Balaban J connectivity index is 1.21.